The lowest BCUT2D eigenvalue weighted by atomic mass is 10.3. The van der Waals surface area contributed by atoms with Crippen molar-refractivity contribution >= 4 is 50.3 Å². The summed E-state index contributed by atoms with van der Waals surface area (Å²) in [5.74, 6) is 0.158. The van der Waals surface area contributed by atoms with Crippen LogP contribution in [-0.4, -0.2) is 14.5 Å². The van der Waals surface area contributed by atoms with Crippen molar-refractivity contribution in [1.29, 1.82) is 0 Å². The minimum atomic E-state index is -0.451. The zero-order valence-electron chi connectivity index (χ0n) is 9.95. The van der Waals surface area contributed by atoms with Crippen LogP contribution in [-0.2, 0) is 5.88 Å². The van der Waals surface area contributed by atoms with Gasteiger partial charge in [0.15, 0.2) is 5.65 Å². The highest BCUT2D eigenvalue weighted by molar-refractivity contribution is 9.10. The van der Waals surface area contributed by atoms with Gasteiger partial charge in [-0.2, -0.15) is 0 Å². The summed E-state index contributed by atoms with van der Waals surface area (Å²) < 4.78 is 16.5. The summed E-state index contributed by atoms with van der Waals surface area (Å²) >= 11 is 15.4. The highest BCUT2D eigenvalue weighted by atomic mass is 79.9. The molecule has 0 saturated heterocycles. The van der Waals surface area contributed by atoms with E-state index in [1.807, 2.05) is 0 Å². The minimum Gasteiger partial charge on any atom is -0.275 e. The van der Waals surface area contributed by atoms with Gasteiger partial charge in [0.2, 0.25) is 0 Å². The first-order valence-electron chi connectivity index (χ1n) is 5.65. The minimum absolute atomic E-state index is 0.124. The summed E-state index contributed by atoms with van der Waals surface area (Å²) in [6.45, 7) is 0. The molecule has 2 aromatic heterocycles. The van der Waals surface area contributed by atoms with E-state index in [2.05, 4.69) is 25.9 Å². The number of alkyl halides is 1. The first kappa shape index (κ1) is 13.8. The number of fused-ring (bicyclic) bond motifs is 1. The lowest BCUT2D eigenvalue weighted by Gasteiger charge is -2.10. The molecule has 2 heterocycles. The van der Waals surface area contributed by atoms with E-state index < -0.39 is 5.82 Å². The maximum absolute atomic E-state index is 14.1. The molecule has 0 fully saturated rings. The number of halogens is 4. The number of para-hydroxylation sites is 1. The Hall–Kier alpha value is -1.17. The zero-order chi connectivity index (χ0) is 14.3. The molecule has 0 spiro atoms. The molecule has 3 rings (SSSR count). The predicted octanol–water partition coefficient (Wildman–Crippen LogP) is 4.71. The lowest BCUT2D eigenvalue weighted by molar-refractivity contribution is 0.617. The van der Waals surface area contributed by atoms with Crippen LogP contribution in [0.3, 0.4) is 0 Å². The van der Waals surface area contributed by atoms with Crippen molar-refractivity contribution in [3.8, 4) is 5.69 Å². The van der Waals surface area contributed by atoms with Gasteiger partial charge in [-0.15, -0.1) is 11.6 Å². The van der Waals surface area contributed by atoms with Crippen LogP contribution in [0.1, 0.15) is 5.82 Å². The molecule has 3 nitrogen and oxygen atoms in total. The third-order valence-electron chi connectivity index (χ3n) is 2.81. The van der Waals surface area contributed by atoms with E-state index >= 15 is 0 Å². The molecule has 0 N–H and O–H groups in total. The first-order chi connectivity index (χ1) is 9.61. The Morgan fingerprint density at radius 2 is 2.15 bits per heavy atom. The van der Waals surface area contributed by atoms with Gasteiger partial charge in [-0.25, -0.2) is 14.4 Å². The molecule has 3 aromatic rings. The summed E-state index contributed by atoms with van der Waals surface area (Å²) in [6, 6.07) is 6.29. The molecule has 0 saturated carbocycles. The van der Waals surface area contributed by atoms with Crippen LogP contribution in [0, 0.1) is 5.82 Å². The number of imidazole rings is 1. The quantitative estimate of drug-likeness (QED) is 0.608. The van der Waals surface area contributed by atoms with E-state index in [4.69, 9.17) is 23.2 Å². The summed E-state index contributed by atoms with van der Waals surface area (Å²) in [5, 5.41) is 0.278. The van der Waals surface area contributed by atoms with Gasteiger partial charge >= 0.3 is 0 Å². The maximum Gasteiger partial charge on any atom is 0.164 e. The molecule has 7 heteroatoms. The molecule has 0 aliphatic rings. The van der Waals surface area contributed by atoms with E-state index in [1.165, 1.54) is 6.07 Å². The molecule has 0 unspecified atom stereocenters. The van der Waals surface area contributed by atoms with Gasteiger partial charge in [0.25, 0.3) is 0 Å². The van der Waals surface area contributed by atoms with E-state index in [0.717, 1.165) is 4.47 Å². The number of aromatic nitrogens is 3. The number of hydrogen-bond acceptors (Lipinski definition) is 2. The highest BCUT2D eigenvalue weighted by Crippen LogP contribution is 2.29. The Morgan fingerprint density at radius 1 is 1.35 bits per heavy atom. The van der Waals surface area contributed by atoms with Gasteiger partial charge in [0.05, 0.1) is 10.9 Å². The second-order valence-corrected chi connectivity index (χ2v) is 5.65. The van der Waals surface area contributed by atoms with Crippen LogP contribution in [0.15, 0.2) is 34.9 Å². The standard InChI is InChI=1S/C13H7BrCl2FN3/c14-7-4-10-13(18-6-7)20(11(5-15)19-10)12-8(16)2-1-3-9(12)17/h1-4,6H,5H2. The Kier molecular flexibility index (Phi) is 3.67. The van der Waals surface area contributed by atoms with E-state index in [0.29, 0.717) is 17.0 Å². The SMILES string of the molecule is Fc1cccc(Cl)c1-n1c(CCl)nc2cc(Br)cnc21. The number of pyridine rings is 1. The molecule has 0 bridgehead atoms. The van der Waals surface area contributed by atoms with Crippen molar-refractivity contribution < 1.29 is 4.39 Å². The second kappa shape index (κ2) is 5.31. The summed E-state index contributed by atoms with van der Waals surface area (Å²) in [4.78, 5) is 8.64. The normalized spacial score (nSPS) is 11.2. The Bertz CT molecular complexity index is 783. The predicted molar refractivity (Wildman–Crippen MR) is 81.1 cm³/mol. The van der Waals surface area contributed by atoms with Crippen LogP contribution in [0.2, 0.25) is 5.02 Å². The monoisotopic (exact) mass is 373 g/mol. The second-order valence-electron chi connectivity index (χ2n) is 4.06. The average molecular weight is 375 g/mol. The van der Waals surface area contributed by atoms with Crippen LogP contribution >= 0.6 is 39.1 Å². The number of nitrogens with zero attached hydrogens (tertiary/aromatic N) is 3. The summed E-state index contributed by atoms with van der Waals surface area (Å²) in [7, 11) is 0. The Labute approximate surface area is 132 Å². The van der Waals surface area contributed by atoms with Gasteiger partial charge in [-0.05, 0) is 34.1 Å². The van der Waals surface area contributed by atoms with Crippen LogP contribution in [0.25, 0.3) is 16.9 Å². The van der Waals surface area contributed by atoms with Gasteiger partial charge in [-0.3, -0.25) is 4.57 Å². The van der Waals surface area contributed by atoms with E-state index in [1.54, 1.807) is 29.0 Å². The molecular formula is C13H7BrCl2FN3. The smallest absolute Gasteiger partial charge is 0.164 e. The van der Waals surface area contributed by atoms with Crippen molar-refractivity contribution in [3.05, 3.63) is 51.6 Å². The summed E-state index contributed by atoms with van der Waals surface area (Å²) in [6.07, 6.45) is 1.62. The Balaban J connectivity index is 2.40. The molecule has 102 valence electrons. The fraction of sp³-hybridized carbons (Fsp3) is 0.0769. The average Bonchev–Trinajstić information content (AvgIpc) is 2.76. The topological polar surface area (TPSA) is 30.7 Å². The van der Waals surface area contributed by atoms with Gasteiger partial charge in [0, 0.05) is 10.7 Å². The number of benzene rings is 1. The third kappa shape index (κ3) is 2.20. The molecule has 0 aliphatic carbocycles. The molecule has 0 amide bonds. The van der Waals surface area contributed by atoms with Crippen LogP contribution in [0.5, 0.6) is 0 Å². The van der Waals surface area contributed by atoms with Gasteiger partial charge in [0.1, 0.15) is 22.8 Å². The molecule has 0 atom stereocenters. The first-order valence-corrected chi connectivity index (χ1v) is 7.35. The van der Waals surface area contributed by atoms with Crippen molar-refractivity contribution in [2.45, 2.75) is 5.88 Å². The van der Waals surface area contributed by atoms with Gasteiger partial charge < -0.3 is 0 Å². The van der Waals surface area contributed by atoms with E-state index in [-0.39, 0.29) is 16.6 Å². The maximum atomic E-state index is 14.1. The van der Waals surface area contributed by atoms with Crippen LogP contribution in [0.4, 0.5) is 4.39 Å². The lowest BCUT2D eigenvalue weighted by Crippen LogP contribution is -2.03. The fourth-order valence-electron chi connectivity index (χ4n) is 2.01. The fourth-order valence-corrected chi connectivity index (χ4v) is 2.76. The molecular weight excluding hydrogens is 368 g/mol. The molecule has 0 aliphatic heterocycles. The van der Waals surface area contributed by atoms with Crippen molar-refractivity contribution in [1.82, 2.24) is 14.5 Å². The largest absolute Gasteiger partial charge is 0.275 e. The third-order valence-corrected chi connectivity index (χ3v) is 3.79. The molecule has 1 aromatic carbocycles. The number of hydrogen-bond donors (Lipinski definition) is 0. The van der Waals surface area contributed by atoms with Gasteiger partial charge in [-0.1, -0.05) is 17.7 Å². The van der Waals surface area contributed by atoms with Crippen LogP contribution < -0.4 is 0 Å². The molecule has 20 heavy (non-hydrogen) atoms. The summed E-state index contributed by atoms with van der Waals surface area (Å²) in [5.41, 5.74) is 1.34. The van der Waals surface area contributed by atoms with Crippen molar-refractivity contribution in [3.63, 3.8) is 0 Å². The van der Waals surface area contributed by atoms with Crippen molar-refractivity contribution in [2.24, 2.45) is 0 Å². The number of rotatable bonds is 2. The zero-order valence-corrected chi connectivity index (χ0v) is 13.0. The Morgan fingerprint density at radius 3 is 2.85 bits per heavy atom. The van der Waals surface area contributed by atoms with E-state index in [9.17, 15) is 4.39 Å². The molecule has 0 radical (unpaired) electrons. The highest BCUT2D eigenvalue weighted by Gasteiger charge is 2.18. The van der Waals surface area contributed by atoms with Crippen molar-refractivity contribution in [2.75, 3.05) is 0 Å².